The number of nitrogens with one attached hydrogen (secondary N) is 3. The maximum absolute atomic E-state index is 12.5. The molecule has 0 spiro atoms. The van der Waals surface area contributed by atoms with Gasteiger partial charge in [0, 0.05) is 24.0 Å². The molecule has 0 aliphatic carbocycles. The van der Waals surface area contributed by atoms with Crippen molar-refractivity contribution in [1.82, 2.24) is 30.4 Å². The van der Waals surface area contributed by atoms with E-state index in [0.717, 1.165) is 16.5 Å². The second-order valence-electron chi connectivity index (χ2n) is 6.50. The molecule has 6 N–H and O–H groups in total. The van der Waals surface area contributed by atoms with Crippen LogP contribution in [0.15, 0.2) is 24.5 Å². The van der Waals surface area contributed by atoms with Gasteiger partial charge in [0.05, 0.1) is 13.2 Å². The summed E-state index contributed by atoms with van der Waals surface area (Å²) in [6, 6.07) is 5.50. The van der Waals surface area contributed by atoms with E-state index in [4.69, 9.17) is 10.5 Å². The Bertz CT molecular complexity index is 1030. The summed E-state index contributed by atoms with van der Waals surface area (Å²) in [6.45, 7) is 1.72. The van der Waals surface area contributed by atoms with Crippen LogP contribution in [0.4, 0.5) is 5.95 Å². The lowest BCUT2D eigenvalue weighted by molar-refractivity contribution is -0.122. The number of hydrogen-bond acceptors (Lipinski definition) is 7. The summed E-state index contributed by atoms with van der Waals surface area (Å²) in [5.41, 5.74) is 7.39. The first-order valence-corrected chi connectivity index (χ1v) is 8.91. The van der Waals surface area contributed by atoms with Gasteiger partial charge in [-0.2, -0.15) is 0 Å². The van der Waals surface area contributed by atoms with Crippen molar-refractivity contribution >= 4 is 28.7 Å². The molecular formula is C18H23N7O4. The van der Waals surface area contributed by atoms with Crippen LogP contribution in [0.1, 0.15) is 16.1 Å². The maximum atomic E-state index is 12.5. The van der Waals surface area contributed by atoms with Crippen LogP contribution in [0.5, 0.6) is 5.75 Å². The smallest absolute Gasteiger partial charge is 0.268 e. The molecule has 1 aromatic carbocycles. The average Bonchev–Trinajstić information content (AvgIpc) is 3.26. The molecule has 0 unspecified atom stereocenters. The van der Waals surface area contributed by atoms with E-state index in [9.17, 15) is 14.7 Å². The number of H-pyrrole nitrogens is 1. The summed E-state index contributed by atoms with van der Waals surface area (Å²) in [4.78, 5) is 31.1. The van der Waals surface area contributed by atoms with Crippen molar-refractivity contribution in [3.05, 3.63) is 35.8 Å². The molecule has 11 nitrogen and oxygen atoms in total. The van der Waals surface area contributed by atoms with Crippen molar-refractivity contribution in [2.75, 3.05) is 25.9 Å². The monoisotopic (exact) mass is 401 g/mol. The zero-order valence-electron chi connectivity index (χ0n) is 16.1. The third kappa shape index (κ3) is 4.82. The molecule has 29 heavy (non-hydrogen) atoms. The molecule has 2 aromatic heterocycles. The lowest BCUT2D eigenvalue weighted by atomic mass is 10.1. The third-order valence-electron chi connectivity index (χ3n) is 4.39. The van der Waals surface area contributed by atoms with Crippen LogP contribution in [0.3, 0.4) is 0 Å². The first-order valence-electron chi connectivity index (χ1n) is 8.91. The molecule has 0 saturated heterocycles. The highest BCUT2D eigenvalue weighted by atomic mass is 16.5. The number of fused-ring (bicyclic) bond motifs is 1. The quantitative estimate of drug-likeness (QED) is 0.342. The molecule has 3 rings (SSSR count). The molecule has 2 heterocycles. The average molecular weight is 401 g/mol. The number of aromatic amines is 1. The highest BCUT2D eigenvalue weighted by Gasteiger charge is 2.16. The van der Waals surface area contributed by atoms with E-state index in [1.807, 2.05) is 19.1 Å². The Hall–Kier alpha value is -3.60. The van der Waals surface area contributed by atoms with Gasteiger partial charge in [0.2, 0.25) is 11.9 Å². The number of aliphatic hydroxyl groups excluding tert-OH is 1. The molecule has 154 valence electrons. The first kappa shape index (κ1) is 20.1. The van der Waals surface area contributed by atoms with E-state index in [0.29, 0.717) is 11.4 Å². The number of carbonyl (C=O) groups is 2. The number of aliphatic hydroxyl groups is 1. The largest absolute Gasteiger partial charge is 0.497 e. The fourth-order valence-electron chi connectivity index (χ4n) is 2.85. The summed E-state index contributed by atoms with van der Waals surface area (Å²) < 4.78 is 6.50. The highest BCUT2D eigenvalue weighted by molar-refractivity contribution is 6.01. The molecule has 11 heteroatoms. The fourth-order valence-corrected chi connectivity index (χ4v) is 2.85. The summed E-state index contributed by atoms with van der Waals surface area (Å²) in [6.07, 6.45) is 0.387. The van der Waals surface area contributed by atoms with Crippen LogP contribution >= 0.6 is 0 Å². The molecule has 3 aromatic rings. The van der Waals surface area contributed by atoms with Gasteiger partial charge in [0.25, 0.3) is 5.91 Å². The number of aryl methyl sites for hydroxylation is 1. The summed E-state index contributed by atoms with van der Waals surface area (Å²) in [7, 11) is 1.58. The van der Waals surface area contributed by atoms with Crippen LogP contribution in [0.25, 0.3) is 10.9 Å². The minimum atomic E-state index is -0.950. The second-order valence-corrected chi connectivity index (χ2v) is 6.50. The fraction of sp³-hybridized carbons (Fsp3) is 0.333. The van der Waals surface area contributed by atoms with Crippen LogP contribution in [0.2, 0.25) is 0 Å². The molecule has 0 radical (unpaired) electrons. The third-order valence-corrected chi connectivity index (χ3v) is 4.39. The number of amides is 2. The zero-order valence-corrected chi connectivity index (χ0v) is 16.1. The predicted octanol–water partition coefficient (Wildman–Crippen LogP) is -0.434. The molecule has 0 aliphatic heterocycles. The minimum Gasteiger partial charge on any atom is -0.497 e. The predicted molar refractivity (Wildman–Crippen MR) is 105 cm³/mol. The molecule has 0 saturated carbocycles. The molecule has 0 fully saturated rings. The van der Waals surface area contributed by atoms with Gasteiger partial charge in [-0.15, -0.1) is 5.10 Å². The Labute approximate surface area is 166 Å². The Balaban J connectivity index is 1.50. The van der Waals surface area contributed by atoms with Gasteiger partial charge in [0.1, 0.15) is 24.3 Å². The van der Waals surface area contributed by atoms with Crippen molar-refractivity contribution < 1.29 is 19.4 Å². The number of methoxy groups -OCH3 is 1. The van der Waals surface area contributed by atoms with E-state index in [2.05, 4.69) is 25.7 Å². The molecule has 2 amide bonds. The van der Waals surface area contributed by atoms with Gasteiger partial charge in [0.15, 0.2) is 0 Å². The van der Waals surface area contributed by atoms with E-state index < -0.39 is 6.10 Å². The number of rotatable bonds is 8. The number of nitrogens with two attached hydrogens (primary N) is 1. The highest BCUT2D eigenvalue weighted by Crippen LogP contribution is 2.25. The Kier molecular flexibility index (Phi) is 5.98. The lowest BCUT2D eigenvalue weighted by Gasteiger charge is -2.13. The number of hydrogen-bond donors (Lipinski definition) is 5. The number of ether oxygens (including phenoxy) is 1. The van der Waals surface area contributed by atoms with E-state index >= 15 is 0 Å². The van der Waals surface area contributed by atoms with Gasteiger partial charge in [-0.25, -0.2) is 9.67 Å². The van der Waals surface area contributed by atoms with Crippen molar-refractivity contribution in [2.24, 2.45) is 0 Å². The summed E-state index contributed by atoms with van der Waals surface area (Å²) >= 11 is 0. The first-order chi connectivity index (χ1) is 13.9. The maximum Gasteiger partial charge on any atom is 0.268 e. The zero-order chi connectivity index (χ0) is 21.0. The summed E-state index contributed by atoms with van der Waals surface area (Å²) in [5.74, 6) is 0.0689. The molecule has 1 atom stereocenters. The van der Waals surface area contributed by atoms with Crippen molar-refractivity contribution in [3.63, 3.8) is 0 Å². The van der Waals surface area contributed by atoms with Gasteiger partial charge in [-0.1, -0.05) is 0 Å². The van der Waals surface area contributed by atoms with E-state index in [-0.39, 0.29) is 37.4 Å². The number of benzene rings is 1. The van der Waals surface area contributed by atoms with Crippen LogP contribution in [-0.4, -0.2) is 63.0 Å². The normalized spacial score (nSPS) is 12.0. The summed E-state index contributed by atoms with van der Waals surface area (Å²) in [5, 5.41) is 19.9. The van der Waals surface area contributed by atoms with Gasteiger partial charge in [-0.3, -0.25) is 9.59 Å². The van der Waals surface area contributed by atoms with Crippen molar-refractivity contribution in [3.8, 4) is 5.75 Å². The van der Waals surface area contributed by atoms with Crippen LogP contribution < -0.4 is 21.1 Å². The SMILES string of the molecule is COc1ccc2[nH]c(C(=O)NC[C@H](O)CNC(=O)Cn3cnc(N)n3)c(C)c2c1. The van der Waals surface area contributed by atoms with Crippen molar-refractivity contribution in [2.45, 2.75) is 19.6 Å². The number of aromatic nitrogens is 4. The second kappa shape index (κ2) is 8.61. The number of nitrogens with zero attached hydrogens (tertiary/aromatic N) is 3. The molecule has 0 aliphatic rings. The number of carbonyl (C=O) groups excluding carboxylic acids is 2. The Morgan fingerprint density at radius 3 is 2.79 bits per heavy atom. The van der Waals surface area contributed by atoms with Crippen molar-refractivity contribution in [1.29, 1.82) is 0 Å². The van der Waals surface area contributed by atoms with Crippen LogP contribution in [-0.2, 0) is 11.3 Å². The van der Waals surface area contributed by atoms with Gasteiger partial charge < -0.3 is 31.2 Å². The van der Waals surface area contributed by atoms with E-state index in [1.165, 1.54) is 11.0 Å². The van der Waals surface area contributed by atoms with E-state index in [1.54, 1.807) is 13.2 Å². The Morgan fingerprint density at radius 1 is 1.34 bits per heavy atom. The van der Waals surface area contributed by atoms with Gasteiger partial charge >= 0.3 is 0 Å². The standard InChI is InChI=1S/C18H23N7O4/c1-10-13-5-12(29-2)3-4-14(13)23-16(10)17(28)21-7-11(26)6-20-15(27)8-25-9-22-18(19)24-25/h3-5,9,11,23,26H,6-8H2,1-2H3,(H2,19,24)(H,20,27)(H,21,28)/t11-/m1/s1. The molecular weight excluding hydrogens is 378 g/mol. The topological polar surface area (TPSA) is 160 Å². The van der Waals surface area contributed by atoms with Crippen LogP contribution in [0, 0.1) is 6.92 Å². The molecule has 0 bridgehead atoms. The Morgan fingerprint density at radius 2 is 2.10 bits per heavy atom. The lowest BCUT2D eigenvalue weighted by Crippen LogP contribution is -2.41. The number of anilines is 1. The van der Waals surface area contributed by atoms with Gasteiger partial charge in [-0.05, 0) is 30.7 Å². The minimum absolute atomic E-state index is 0.0203. The number of nitrogen functional groups attached to an aromatic ring is 1.